The van der Waals surface area contributed by atoms with Crippen molar-refractivity contribution in [3.63, 3.8) is 0 Å². The maximum Gasteiger partial charge on any atom is 0.247 e. The summed E-state index contributed by atoms with van der Waals surface area (Å²) in [7, 11) is 1.80. The van der Waals surface area contributed by atoms with E-state index in [0.29, 0.717) is 23.5 Å². The summed E-state index contributed by atoms with van der Waals surface area (Å²) in [4.78, 5) is 17.4. The predicted molar refractivity (Wildman–Crippen MR) is 98.7 cm³/mol. The molecule has 0 bridgehead atoms. The van der Waals surface area contributed by atoms with Crippen molar-refractivity contribution in [2.75, 3.05) is 0 Å². The van der Waals surface area contributed by atoms with E-state index in [1.54, 1.807) is 30.6 Å². The summed E-state index contributed by atoms with van der Waals surface area (Å²) in [6.07, 6.45) is 0.747. The van der Waals surface area contributed by atoms with E-state index in [2.05, 4.69) is 4.98 Å². The van der Waals surface area contributed by atoms with Crippen LogP contribution in [-0.4, -0.2) is 22.5 Å². The highest BCUT2D eigenvalue weighted by Crippen LogP contribution is 2.21. The SMILES string of the molecule is Bc1c(C)nc(-c2cccc(O)c2)n(CCc2ccccc2)c1=O. The van der Waals surface area contributed by atoms with Gasteiger partial charge in [0.15, 0.2) is 0 Å². The molecule has 1 heterocycles. The van der Waals surface area contributed by atoms with Gasteiger partial charge in [0.05, 0.1) is 0 Å². The molecule has 0 aliphatic carbocycles. The maximum absolute atomic E-state index is 12.8. The Hall–Kier alpha value is -2.82. The fourth-order valence-electron chi connectivity index (χ4n) is 2.71. The van der Waals surface area contributed by atoms with Crippen molar-refractivity contribution in [1.29, 1.82) is 0 Å². The van der Waals surface area contributed by atoms with Crippen LogP contribution in [0.3, 0.4) is 0 Å². The van der Waals surface area contributed by atoms with Gasteiger partial charge in [-0.3, -0.25) is 9.36 Å². The maximum atomic E-state index is 12.8. The van der Waals surface area contributed by atoms with Crippen LogP contribution in [0.5, 0.6) is 5.75 Å². The minimum Gasteiger partial charge on any atom is -0.508 e. The summed E-state index contributed by atoms with van der Waals surface area (Å²) in [5, 5.41) is 9.75. The number of nitrogens with zero attached hydrogens (tertiary/aromatic N) is 2. The van der Waals surface area contributed by atoms with Gasteiger partial charge < -0.3 is 5.11 Å². The van der Waals surface area contributed by atoms with Crippen molar-refractivity contribution in [2.24, 2.45) is 0 Å². The lowest BCUT2D eigenvalue weighted by Crippen LogP contribution is -2.39. The Kier molecular flexibility index (Phi) is 4.51. The Morgan fingerprint density at radius 3 is 2.58 bits per heavy atom. The van der Waals surface area contributed by atoms with E-state index in [-0.39, 0.29) is 11.3 Å². The van der Waals surface area contributed by atoms with Gasteiger partial charge in [-0.25, -0.2) is 4.98 Å². The summed E-state index contributed by atoms with van der Waals surface area (Å²) in [5.41, 5.74) is 3.26. The standard InChI is InChI=1S/C19H19BN2O2/c1-13-17(20)19(24)22(11-10-14-6-3-2-4-7-14)18(21-13)15-8-5-9-16(23)12-15/h2-9,12,23H,10-11,20H2,1H3. The zero-order valence-corrected chi connectivity index (χ0v) is 13.9. The van der Waals surface area contributed by atoms with Crippen LogP contribution in [0, 0.1) is 6.92 Å². The quantitative estimate of drug-likeness (QED) is 0.741. The first-order valence-corrected chi connectivity index (χ1v) is 7.97. The number of hydrogen-bond donors (Lipinski definition) is 1. The van der Waals surface area contributed by atoms with Crippen LogP contribution < -0.4 is 11.0 Å². The molecule has 0 fully saturated rings. The molecule has 2 aromatic carbocycles. The van der Waals surface area contributed by atoms with Crippen LogP contribution >= 0.6 is 0 Å². The van der Waals surface area contributed by atoms with Crippen LogP contribution in [0.4, 0.5) is 0 Å². The summed E-state index contributed by atoms with van der Waals surface area (Å²) < 4.78 is 1.70. The molecule has 1 N–H and O–H groups in total. The first-order valence-electron chi connectivity index (χ1n) is 7.97. The van der Waals surface area contributed by atoms with Gasteiger partial charge in [0.2, 0.25) is 5.56 Å². The molecular formula is C19H19BN2O2. The Morgan fingerprint density at radius 1 is 1.12 bits per heavy atom. The largest absolute Gasteiger partial charge is 0.508 e. The van der Waals surface area contributed by atoms with Gasteiger partial charge >= 0.3 is 0 Å². The zero-order chi connectivity index (χ0) is 17.1. The lowest BCUT2D eigenvalue weighted by molar-refractivity contribution is 0.475. The molecule has 0 amide bonds. The molecule has 1 aromatic heterocycles. The molecule has 120 valence electrons. The second kappa shape index (κ2) is 6.75. The summed E-state index contributed by atoms with van der Waals surface area (Å²) in [6.45, 7) is 2.38. The molecule has 3 aromatic rings. The van der Waals surface area contributed by atoms with Gasteiger partial charge in [-0.05, 0) is 36.5 Å². The summed E-state index contributed by atoms with van der Waals surface area (Å²) in [6, 6.07) is 16.9. The molecule has 0 saturated heterocycles. The van der Waals surface area contributed by atoms with Gasteiger partial charge in [0, 0.05) is 17.8 Å². The number of phenols is 1. The van der Waals surface area contributed by atoms with Gasteiger partial charge in [0.1, 0.15) is 19.4 Å². The van der Waals surface area contributed by atoms with Crippen molar-refractivity contribution >= 4 is 13.3 Å². The Bertz CT molecular complexity index is 920. The molecule has 0 aliphatic rings. The lowest BCUT2D eigenvalue weighted by Gasteiger charge is -2.15. The first kappa shape index (κ1) is 16.1. The normalized spacial score (nSPS) is 10.7. The molecule has 0 atom stereocenters. The Balaban J connectivity index is 2.06. The number of aromatic nitrogens is 2. The van der Waals surface area contributed by atoms with Gasteiger partial charge in [0.25, 0.3) is 0 Å². The van der Waals surface area contributed by atoms with E-state index in [0.717, 1.165) is 12.0 Å². The molecule has 5 heteroatoms. The first-order chi connectivity index (χ1) is 11.6. The third kappa shape index (κ3) is 3.25. The number of aromatic hydroxyl groups is 1. The molecule has 0 saturated carbocycles. The fraction of sp³-hybridized carbons (Fsp3) is 0.158. The van der Waals surface area contributed by atoms with Crippen LogP contribution in [0.25, 0.3) is 11.4 Å². The molecule has 0 unspecified atom stereocenters. The minimum absolute atomic E-state index is 0.0308. The highest BCUT2D eigenvalue weighted by molar-refractivity contribution is 6.32. The summed E-state index contributed by atoms with van der Waals surface area (Å²) in [5.74, 6) is 0.754. The zero-order valence-electron chi connectivity index (χ0n) is 13.9. The number of rotatable bonds is 4. The average molecular weight is 318 g/mol. The second-order valence-corrected chi connectivity index (χ2v) is 5.89. The minimum atomic E-state index is -0.0308. The van der Waals surface area contributed by atoms with E-state index in [4.69, 9.17) is 0 Å². The van der Waals surface area contributed by atoms with E-state index >= 15 is 0 Å². The number of benzene rings is 2. The number of phenolic OH excluding ortho intramolecular Hbond substituents is 1. The third-order valence-corrected chi connectivity index (χ3v) is 4.21. The predicted octanol–water partition coefficient (Wildman–Crippen LogP) is 1.43. The van der Waals surface area contributed by atoms with Crippen LogP contribution in [0.15, 0.2) is 59.4 Å². The van der Waals surface area contributed by atoms with Crippen LogP contribution in [0.1, 0.15) is 11.3 Å². The van der Waals surface area contributed by atoms with Crippen molar-refractivity contribution in [1.82, 2.24) is 9.55 Å². The van der Waals surface area contributed by atoms with Gasteiger partial charge in [-0.2, -0.15) is 0 Å². The molecular weight excluding hydrogens is 299 g/mol. The summed E-state index contributed by atoms with van der Waals surface area (Å²) >= 11 is 0. The Labute approximate surface area is 141 Å². The van der Waals surface area contributed by atoms with Crippen LogP contribution in [-0.2, 0) is 13.0 Å². The smallest absolute Gasteiger partial charge is 0.247 e. The van der Waals surface area contributed by atoms with Crippen molar-refractivity contribution < 1.29 is 5.11 Å². The molecule has 0 aliphatic heterocycles. The third-order valence-electron chi connectivity index (χ3n) is 4.21. The lowest BCUT2D eigenvalue weighted by atomic mass is 9.95. The van der Waals surface area contributed by atoms with Gasteiger partial charge in [-0.1, -0.05) is 42.5 Å². The van der Waals surface area contributed by atoms with E-state index in [9.17, 15) is 9.90 Å². The molecule has 24 heavy (non-hydrogen) atoms. The monoisotopic (exact) mass is 318 g/mol. The van der Waals surface area contributed by atoms with Gasteiger partial charge in [-0.15, -0.1) is 0 Å². The van der Waals surface area contributed by atoms with Crippen molar-refractivity contribution in [3.8, 4) is 17.1 Å². The average Bonchev–Trinajstić information content (AvgIpc) is 2.59. The molecule has 3 rings (SSSR count). The number of hydrogen-bond acceptors (Lipinski definition) is 3. The van der Waals surface area contributed by atoms with Crippen LogP contribution in [0.2, 0.25) is 0 Å². The fourth-order valence-corrected chi connectivity index (χ4v) is 2.71. The molecule has 4 nitrogen and oxygen atoms in total. The molecule has 0 radical (unpaired) electrons. The van der Waals surface area contributed by atoms with E-state index < -0.39 is 0 Å². The molecule has 0 spiro atoms. The number of aryl methyl sites for hydroxylation is 2. The van der Waals surface area contributed by atoms with E-state index in [1.165, 1.54) is 5.56 Å². The van der Waals surface area contributed by atoms with Crippen molar-refractivity contribution in [2.45, 2.75) is 19.9 Å². The van der Waals surface area contributed by atoms with Crippen molar-refractivity contribution in [3.05, 3.63) is 76.2 Å². The Morgan fingerprint density at radius 2 is 1.88 bits per heavy atom. The highest BCUT2D eigenvalue weighted by atomic mass is 16.3. The van der Waals surface area contributed by atoms with E-state index in [1.807, 2.05) is 43.3 Å². The highest BCUT2D eigenvalue weighted by Gasteiger charge is 2.13. The topological polar surface area (TPSA) is 55.1 Å². The second-order valence-electron chi connectivity index (χ2n) is 5.89.